The van der Waals surface area contributed by atoms with Gasteiger partial charge in [-0.3, -0.25) is 10.2 Å². The van der Waals surface area contributed by atoms with Crippen molar-refractivity contribution >= 4 is 23.3 Å². The number of amides is 3. The van der Waals surface area contributed by atoms with Gasteiger partial charge in [0.2, 0.25) is 0 Å². The summed E-state index contributed by atoms with van der Waals surface area (Å²) in [6, 6.07) is 0.973. The van der Waals surface area contributed by atoms with Gasteiger partial charge in [0.25, 0.3) is 5.91 Å². The maximum absolute atomic E-state index is 11.3. The molecular formula is C8H11N3O2S. The molecule has 0 aromatic carbocycles. The Kier molecular flexibility index (Phi) is 3.08. The Morgan fingerprint density at radius 3 is 2.43 bits per heavy atom. The van der Waals surface area contributed by atoms with E-state index in [1.54, 1.807) is 6.07 Å². The summed E-state index contributed by atoms with van der Waals surface area (Å²) >= 11 is 1.37. The normalized spacial score (nSPS) is 9.57. The molecule has 0 saturated carbocycles. The van der Waals surface area contributed by atoms with Crippen molar-refractivity contribution in [2.24, 2.45) is 5.73 Å². The van der Waals surface area contributed by atoms with E-state index in [-0.39, 0.29) is 5.91 Å². The summed E-state index contributed by atoms with van der Waals surface area (Å²) in [4.78, 5) is 23.3. The van der Waals surface area contributed by atoms with E-state index in [4.69, 9.17) is 5.73 Å². The maximum atomic E-state index is 11.3. The highest BCUT2D eigenvalue weighted by atomic mass is 32.1. The van der Waals surface area contributed by atoms with Crippen molar-refractivity contribution in [3.05, 3.63) is 21.4 Å². The lowest BCUT2D eigenvalue weighted by atomic mass is 10.3. The van der Waals surface area contributed by atoms with Gasteiger partial charge in [-0.1, -0.05) is 0 Å². The molecule has 1 heterocycles. The molecule has 1 aromatic rings. The van der Waals surface area contributed by atoms with Crippen LogP contribution in [0, 0.1) is 13.8 Å². The van der Waals surface area contributed by atoms with Gasteiger partial charge in [-0.2, -0.15) is 0 Å². The van der Waals surface area contributed by atoms with Crippen LogP contribution < -0.4 is 16.6 Å². The minimum Gasteiger partial charge on any atom is -0.350 e. The summed E-state index contributed by atoms with van der Waals surface area (Å²) in [7, 11) is 0. The van der Waals surface area contributed by atoms with Gasteiger partial charge in [0.05, 0.1) is 4.88 Å². The van der Waals surface area contributed by atoms with Gasteiger partial charge in [0.15, 0.2) is 0 Å². The summed E-state index contributed by atoms with van der Waals surface area (Å²) in [5, 5.41) is 0. The molecule has 0 atom stereocenters. The molecule has 4 N–H and O–H groups in total. The van der Waals surface area contributed by atoms with Crippen LogP contribution in [0.4, 0.5) is 4.79 Å². The van der Waals surface area contributed by atoms with Gasteiger partial charge in [-0.15, -0.1) is 11.3 Å². The fourth-order valence-electron chi connectivity index (χ4n) is 0.865. The van der Waals surface area contributed by atoms with Gasteiger partial charge in [-0.25, -0.2) is 10.2 Å². The molecule has 0 radical (unpaired) electrons. The zero-order valence-electron chi connectivity index (χ0n) is 7.88. The molecule has 14 heavy (non-hydrogen) atoms. The largest absolute Gasteiger partial charge is 0.350 e. The summed E-state index contributed by atoms with van der Waals surface area (Å²) in [5.41, 5.74) is 10.1. The molecule has 3 amide bonds. The number of urea groups is 1. The number of carbonyl (C=O) groups is 2. The maximum Gasteiger partial charge on any atom is 0.330 e. The Bertz CT molecular complexity index is 353. The third kappa shape index (κ3) is 2.46. The van der Waals surface area contributed by atoms with Crippen LogP contribution in [0.15, 0.2) is 6.07 Å². The first kappa shape index (κ1) is 10.5. The van der Waals surface area contributed by atoms with Crippen LogP contribution in [-0.2, 0) is 0 Å². The molecule has 0 unspecified atom stereocenters. The summed E-state index contributed by atoms with van der Waals surface area (Å²) in [6.45, 7) is 3.85. The van der Waals surface area contributed by atoms with Crippen LogP contribution in [0.2, 0.25) is 0 Å². The quantitative estimate of drug-likeness (QED) is 0.599. The molecule has 1 aromatic heterocycles. The molecular weight excluding hydrogens is 202 g/mol. The molecule has 6 heteroatoms. The zero-order chi connectivity index (χ0) is 10.7. The molecule has 0 saturated heterocycles. The Morgan fingerprint density at radius 1 is 1.36 bits per heavy atom. The van der Waals surface area contributed by atoms with E-state index in [1.807, 2.05) is 19.3 Å². The molecule has 0 spiro atoms. The summed E-state index contributed by atoms with van der Waals surface area (Å²) in [6.07, 6.45) is 0. The Labute approximate surface area is 85.3 Å². The van der Waals surface area contributed by atoms with E-state index >= 15 is 0 Å². The Hall–Kier alpha value is -1.56. The molecule has 0 fully saturated rings. The summed E-state index contributed by atoms with van der Waals surface area (Å²) in [5.74, 6) is -0.356. The van der Waals surface area contributed by atoms with Crippen LogP contribution >= 0.6 is 11.3 Å². The average molecular weight is 213 g/mol. The minimum atomic E-state index is -0.789. The van der Waals surface area contributed by atoms with Gasteiger partial charge >= 0.3 is 6.03 Å². The van der Waals surface area contributed by atoms with Crippen molar-refractivity contribution in [2.45, 2.75) is 13.8 Å². The number of nitrogens with two attached hydrogens (primary N) is 1. The summed E-state index contributed by atoms with van der Waals surface area (Å²) < 4.78 is 0. The first-order valence-electron chi connectivity index (χ1n) is 3.93. The lowest BCUT2D eigenvalue weighted by Crippen LogP contribution is -2.44. The smallest absolute Gasteiger partial charge is 0.330 e. The third-order valence-electron chi connectivity index (χ3n) is 1.69. The topological polar surface area (TPSA) is 84.2 Å². The van der Waals surface area contributed by atoms with Crippen molar-refractivity contribution in [1.29, 1.82) is 0 Å². The molecule has 1 rings (SSSR count). The van der Waals surface area contributed by atoms with E-state index in [9.17, 15) is 9.59 Å². The molecule has 5 nitrogen and oxygen atoms in total. The number of rotatable bonds is 1. The highest BCUT2D eigenvalue weighted by molar-refractivity contribution is 7.14. The second-order valence-electron chi connectivity index (χ2n) is 2.79. The number of primary amides is 1. The van der Waals surface area contributed by atoms with Gasteiger partial charge in [0, 0.05) is 4.88 Å². The number of hydrazine groups is 1. The lowest BCUT2D eigenvalue weighted by Gasteiger charge is -2.01. The first-order chi connectivity index (χ1) is 6.50. The number of nitrogens with one attached hydrogen (secondary N) is 2. The number of carbonyl (C=O) groups excluding carboxylic acids is 2. The number of thiophene rings is 1. The standard InChI is InChI=1S/C8H11N3O2S/c1-4-3-6(14-5(4)2)7(12)10-11-8(9)13/h3H,1-2H3,(H,10,12)(H3,9,11,13). The number of hydrogen-bond donors (Lipinski definition) is 3. The van der Waals surface area contributed by atoms with Crippen LogP contribution in [0.5, 0.6) is 0 Å². The molecule has 76 valence electrons. The highest BCUT2D eigenvalue weighted by Gasteiger charge is 2.09. The lowest BCUT2D eigenvalue weighted by molar-refractivity contribution is 0.0941. The van der Waals surface area contributed by atoms with E-state index in [0.717, 1.165) is 10.4 Å². The SMILES string of the molecule is Cc1cc(C(=O)NNC(N)=O)sc1C. The van der Waals surface area contributed by atoms with E-state index in [2.05, 4.69) is 5.43 Å². The molecule has 0 aliphatic heterocycles. The second-order valence-corrected chi connectivity index (χ2v) is 4.05. The minimum absolute atomic E-state index is 0.356. The predicted molar refractivity (Wildman–Crippen MR) is 54.0 cm³/mol. The van der Waals surface area contributed by atoms with Gasteiger partial charge < -0.3 is 5.73 Å². The first-order valence-corrected chi connectivity index (χ1v) is 4.75. The van der Waals surface area contributed by atoms with E-state index in [1.165, 1.54) is 11.3 Å². The highest BCUT2D eigenvalue weighted by Crippen LogP contribution is 2.19. The van der Waals surface area contributed by atoms with Crippen molar-refractivity contribution in [1.82, 2.24) is 10.9 Å². The second kappa shape index (κ2) is 4.10. The number of hydrogen-bond acceptors (Lipinski definition) is 3. The van der Waals surface area contributed by atoms with Gasteiger partial charge in [0.1, 0.15) is 0 Å². The third-order valence-corrected chi connectivity index (χ3v) is 2.84. The van der Waals surface area contributed by atoms with Crippen LogP contribution in [0.3, 0.4) is 0 Å². The van der Waals surface area contributed by atoms with Crippen LogP contribution in [-0.4, -0.2) is 11.9 Å². The molecule has 0 aliphatic rings. The van der Waals surface area contributed by atoms with E-state index in [0.29, 0.717) is 4.88 Å². The van der Waals surface area contributed by atoms with Crippen molar-refractivity contribution in [3.8, 4) is 0 Å². The average Bonchev–Trinajstić information content (AvgIpc) is 2.43. The van der Waals surface area contributed by atoms with Crippen molar-refractivity contribution in [2.75, 3.05) is 0 Å². The fraction of sp³-hybridized carbons (Fsp3) is 0.250. The Morgan fingerprint density at radius 2 is 2.00 bits per heavy atom. The Balaban J connectivity index is 2.65. The van der Waals surface area contributed by atoms with Crippen LogP contribution in [0.25, 0.3) is 0 Å². The zero-order valence-corrected chi connectivity index (χ0v) is 8.70. The van der Waals surface area contributed by atoms with Gasteiger partial charge in [-0.05, 0) is 25.5 Å². The molecule has 0 aliphatic carbocycles. The monoisotopic (exact) mass is 213 g/mol. The van der Waals surface area contributed by atoms with Crippen molar-refractivity contribution in [3.63, 3.8) is 0 Å². The predicted octanol–water partition coefficient (Wildman–Crippen LogP) is 0.678. The molecule has 0 bridgehead atoms. The van der Waals surface area contributed by atoms with Crippen LogP contribution in [0.1, 0.15) is 20.1 Å². The van der Waals surface area contributed by atoms with E-state index < -0.39 is 6.03 Å². The fourth-order valence-corrected chi connectivity index (χ4v) is 1.79. The number of aryl methyl sites for hydroxylation is 2. The van der Waals surface area contributed by atoms with Crippen molar-refractivity contribution < 1.29 is 9.59 Å².